The second kappa shape index (κ2) is 8.80. The van der Waals surface area contributed by atoms with Crippen LogP contribution in [0.3, 0.4) is 0 Å². The molecule has 0 heterocycles. The van der Waals surface area contributed by atoms with E-state index in [-0.39, 0.29) is 6.42 Å². The molecule has 162 valence electrons. The predicted molar refractivity (Wildman–Crippen MR) is 72.2 cm³/mol. The highest BCUT2D eigenvalue weighted by molar-refractivity contribution is 5.84. The number of rotatable bonds is 11. The topological polar surface area (TPSA) is 29.1 Å². The van der Waals surface area contributed by atoms with Gasteiger partial charge in [0.15, 0.2) is 0 Å². The third kappa shape index (κ3) is 5.15. The van der Waals surface area contributed by atoms with Gasteiger partial charge in [-0.3, -0.25) is 4.79 Å². The number of carbonyl (C=O) groups is 1. The van der Waals surface area contributed by atoms with Crippen LogP contribution in [-0.4, -0.2) is 42.3 Å². The van der Waals surface area contributed by atoms with E-state index in [0.717, 1.165) is 24.6 Å². The van der Waals surface area contributed by atoms with Crippen LogP contribution in [0.2, 0.25) is 0 Å². The van der Waals surface area contributed by atoms with E-state index in [4.69, 9.17) is 0 Å². The van der Waals surface area contributed by atoms with Gasteiger partial charge >= 0.3 is 29.9 Å². The van der Waals surface area contributed by atoms with Gasteiger partial charge in [-0.1, -0.05) is 39.0 Å². The minimum absolute atomic E-state index is 0.00773. The second-order valence-electron chi connectivity index (χ2n) is 5.82. The van der Waals surface area contributed by atoms with Crippen LogP contribution < -0.4 is 5.32 Å². The zero-order chi connectivity index (χ0) is 21.7. The minimum Gasteiger partial charge on any atom is -0.351 e. The first-order chi connectivity index (χ1) is 12.0. The normalized spacial score (nSPS) is 14.4. The molecule has 0 spiro atoms. The molecule has 0 atom stereocenters. The van der Waals surface area contributed by atoms with Crippen LogP contribution in [0.15, 0.2) is 0 Å². The molecule has 27 heavy (non-hydrogen) atoms. The molecule has 0 aromatic rings. The zero-order valence-electron chi connectivity index (χ0n) is 14.0. The lowest BCUT2D eigenvalue weighted by atomic mass is 9.97. The van der Waals surface area contributed by atoms with E-state index in [9.17, 15) is 53.1 Å². The first-order valence-electron chi connectivity index (χ1n) is 7.84. The third-order valence-electron chi connectivity index (χ3n) is 3.64. The van der Waals surface area contributed by atoms with Gasteiger partial charge < -0.3 is 5.32 Å². The minimum atomic E-state index is -7.57. The highest BCUT2D eigenvalue weighted by Gasteiger charge is 2.88. The number of amides is 1. The van der Waals surface area contributed by atoms with Gasteiger partial charge in [-0.2, -0.15) is 48.3 Å². The Morgan fingerprint density at radius 3 is 1.56 bits per heavy atom. The summed E-state index contributed by atoms with van der Waals surface area (Å²) in [5.41, 5.74) is 0. The molecular weight excluding hydrogens is 407 g/mol. The maximum atomic E-state index is 13.3. The maximum absolute atomic E-state index is 13.3. The number of halogens is 11. The Kier molecular flexibility index (Phi) is 8.38. The number of hydrogen-bond acceptors (Lipinski definition) is 1. The number of hydrogen-bond donors (Lipinski definition) is 1. The van der Waals surface area contributed by atoms with Crippen molar-refractivity contribution in [2.45, 2.75) is 75.3 Å². The summed E-state index contributed by atoms with van der Waals surface area (Å²) in [6.45, 7) is 1.23. The highest BCUT2D eigenvalue weighted by atomic mass is 19.4. The Balaban J connectivity index is 5.12. The summed E-state index contributed by atoms with van der Waals surface area (Å²) in [6.07, 6.45) is -3.78. The standard InChI is InChI=1S/C14H18F11NO/c1-2-3-4-5-6-7-8-26-9(27)10(15,16)11(17,18)12(19,20)13(21,22)14(23,24)25/h2-8H2,1H3,(H,26,27). The lowest BCUT2D eigenvalue weighted by Crippen LogP contribution is -2.69. The van der Waals surface area contributed by atoms with Crippen molar-refractivity contribution in [2.75, 3.05) is 6.54 Å². The lowest BCUT2D eigenvalue weighted by Gasteiger charge is -2.36. The van der Waals surface area contributed by atoms with E-state index in [1.807, 2.05) is 6.92 Å². The first-order valence-corrected chi connectivity index (χ1v) is 7.84. The quantitative estimate of drug-likeness (QED) is 0.341. The van der Waals surface area contributed by atoms with Crippen molar-refractivity contribution in [2.24, 2.45) is 0 Å². The molecule has 0 aliphatic carbocycles. The van der Waals surface area contributed by atoms with E-state index >= 15 is 0 Å². The third-order valence-corrected chi connectivity index (χ3v) is 3.64. The summed E-state index contributed by atoms with van der Waals surface area (Å²) in [4.78, 5) is 11.1. The van der Waals surface area contributed by atoms with Crippen molar-refractivity contribution in [3.05, 3.63) is 0 Å². The molecule has 0 saturated carbocycles. The molecule has 0 aromatic heterocycles. The van der Waals surface area contributed by atoms with Gasteiger partial charge in [0.25, 0.3) is 5.91 Å². The highest BCUT2D eigenvalue weighted by Crippen LogP contribution is 2.57. The van der Waals surface area contributed by atoms with Crippen molar-refractivity contribution < 1.29 is 53.1 Å². The smallest absolute Gasteiger partial charge is 0.351 e. The fourth-order valence-corrected chi connectivity index (χ4v) is 1.93. The molecule has 2 nitrogen and oxygen atoms in total. The van der Waals surface area contributed by atoms with Crippen molar-refractivity contribution in [1.29, 1.82) is 0 Å². The van der Waals surface area contributed by atoms with Crippen LogP contribution >= 0.6 is 0 Å². The SMILES string of the molecule is CCCCCCCCNC(=O)C(F)(F)C(F)(F)C(F)(F)C(F)(F)C(F)(F)F. The molecule has 0 rings (SSSR count). The van der Waals surface area contributed by atoms with E-state index in [2.05, 4.69) is 0 Å². The monoisotopic (exact) mass is 425 g/mol. The van der Waals surface area contributed by atoms with Crippen molar-refractivity contribution in [1.82, 2.24) is 5.32 Å². The molecule has 0 aliphatic heterocycles. The summed E-state index contributed by atoms with van der Waals surface area (Å²) in [7, 11) is 0. The van der Waals surface area contributed by atoms with Gasteiger partial charge in [0.05, 0.1) is 0 Å². The molecule has 1 amide bonds. The van der Waals surface area contributed by atoms with Gasteiger partial charge in [0, 0.05) is 6.54 Å². The fraction of sp³-hybridized carbons (Fsp3) is 0.929. The molecule has 0 aromatic carbocycles. The van der Waals surface area contributed by atoms with Crippen LogP contribution in [0.4, 0.5) is 48.3 Å². The van der Waals surface area contributed by atoms with Crippen molar-refractivity contribution >= 4 is 5.91 Å². The summed E-state index contributed by atoms with van der Waals surface area (Å²) in [5, 5.41) is 1.15. The second-order valence-corrected chi connectivity index (χ2v) is 5.82. The summed E-state index contributed by atoms with van der Waals surface area (Å²) in [5.74, 6) is -31.9. The molecule has 0 bridgehead atoms. The molecule has 0 aliphatic rings. The average Bonchev–Trinajstić information content (AvgIpc) is 2.52. The number of nitrogens with one attached hydrogen (secondary N) is 1. The Morgan fingerprint density at radius 2 is 1.11 bits per heavy atom. The Morgan fingerprint density at radius 1 is 0.667 bits per heavy atom. The summed E-state index contributed by atoms with van der Waals surface area (Å²) >= 11 is 0. The van der Waals surface area contributed by atoms with Crippen LogP contribution in [0.25, 0.3) is 0 Å². The summed E-state index contributed by atoms with van der Waals surface area (Å²) in [6, 6.07) is 0. The van der Waals surface area contributed by atoms with E-state index < -0.39 is 42.3 Å². The van der Waals surface area contributed by atoms with E-state index in [0.29, 0.717) is 12.8 Å². The maximum Gasteiger partial charge on any atom is 0.460 e. The number of alkyl halides is 11. The fourth-order valence-electron chi connectivity index (χ4n) is 1.93. The van der Waals surface area contributed by atoms with Crippen LogP contribution in [0.1, 0.15) is 45.4 Å². The van der Waals surface area contributed by atoms with Crippen molar-refractivity contribution in [3.63, 3.8) is 0 Å². The summed E-state index contributed by atoms with van der Waals surface area (Å²) < 4.78 is 140. The van der Waals surface area contributed by atoms with Crippen LogP contribution in [-0.2, 0) is 4.79 Å². The van der Waals surface area contributed by atoms with E-state index in [1.165, 1.54) is 0 Å². The van der Waals surface area contributed by atoms with E-state index in [1.54, 1.807) is 0 Å². The molecular formula is C14H18F11NO. The number of unbranched alkanes of at least 4 members (excludes halogenated alkanes) is 5. The zero-order valence-corrected chi connectivity index (χ0v) is 14.0. The van der Waals surface area contributed by atoms with Gasteiger partial charge in [0.2, 0.25) is 0 Å². The van der Waals surface area contributed by atoms with Crippen LogP contribution in [0, 0.1) is 0 Å². The Hall–Kier alpha value is -1.30. The van der Waals surface area contributed by atoms with Gasteiger partial charge in [-0.25, -0.2) is 0 Å². The number of carbonyl (C=O) groups excluding carboxylic acids is 1. The predicted octanol–water partition coefficient (Wildman–Crippen LogP) is 5.57. The van der Waals surface area contributed by atoms with Gasteiger partial charge in [-0.05, 0) is 6.42 Å². The lowest BCUT2D eigenvalue weighted by molar-refractivity contribution is -0.417. The van der Waals surface area contributed by atoms with Crippen LogP contribution in [0.5, 0.6) is 0 Å². The molecule has 0 unspecified atom stereocenters. The molecule has 1 N–H and O–H groups in total. The molecule has 0 fully saturated rings. The van der Waals surface area contributed by atoms with Gasteiger partial charge in [0.1, 0.15) is 0 Å². The van der Waals surface area contributed by atoms with Crippen molar-refractivity contribution in [3.8, 4) is 0 Å². The largest absolute Gasteiger partial charge is 0.460 e. The molecule has 0 saturated heterocycles. The Bertz CT molecular complexity index is 488. The molecule has 0 radical (unpaired) electrons. The Labute approximate surface area is 147 Å². The van der Waals surface area contributed by atoms with Gasteiger partial charge in [-0.15, -0.1) is 0 Å². The molecule has 13 heteroatoms. The first kappa shape index (κ1) is 25.7. The average molecular weight is 425 g/mol.